The lowest BCUT2D eigenvalue weighted by molar-refractivity contribution is -0.383. The van der Waals surface area contributed by atoms with Gasteiger partial charge in [-0.1, -0.05) is 35.9 Å². The third kappa shape index (κ3) is 2.25. The molecule has 4 nitrogen and oxygen atoms in total. The molecule has 0 saturated heterocycles. The van der Waals surface area contributed by atoms with Gasteiger partial charge in [-0.05, 0) is 24.1 Å². The molecule has 17 heavy (non-hydrogen) atoms. The van der Waals surface area contributed by atoms with Crippen LogP contribution in [0.3, 0.4) is 0 Å². The van der Waals surface area contributed by atoms with Crippen molar-refractivity contribution in [2.24, 2.45) is 0 Å². The van der Waals surface area contributed by atoms with Crippen LogP contribution in [0.4, 0.5) is 11.4 Å². The maximum Gasteiger partial charge on any atom is 0.292 e. The summed E-state index contributed by atoms with van der Waals surface area (Å²) in [5.41, 5.74) is 8.58. The molecule has 0 atom stereocenters. The molecule has 0 aromatic heterocycles. The van der Waals surface area contributed by atoms with Gasteiger partial charge in [-0.15, -0.1) is 0 Å². The van der Waals surface area contributed by atoms with Gasteiger partial charge in [0.2, 0.25) is 0 Å². The second kappa shape index (κ2) is 4.25. The Bertz CT molecular complexity index is 562. The quantitative estimate of drug-likeness (QED) is 0.487. The lowest BCUT2D eigenvalue weighted by Gasteiger charge is -2.03. The highest BCUT2D eigenvalue weighted by Crippen LogP contribution is 2.28. The zero-order valence-electron chi connectivity index (χ0n) is 9.38. The summed E-state index contributed by atoms with van der Waals surface area (Å²) in [4.78, 5) is 10.3. The van der Waals surface area contributed by atoms with Crippen molar-refractivity contribution >= 4 is 11.4 Å². The summed E-state index contributed by atoms with van der Waals surface area (Å²) in [7, 11) is 0. The van der Waals surface area contributed by atoms with E-state index in [0.717, 1.165) is 16.7 Å². The Morgan fingerprint density at radius 3 is 2.24 bits per heavy atom. The van der Waals surface area contributed by atoms with Gasteiger partial charge < -0.3 is 5.73 Å². The summed E-state index contributed by atoms with van der Waals surface area (Å²) in [6.07, 6.45) is 0. The van der Waals surface area contributed by atoms with Crippen LogP contribution in [-0.4, -0.2) is 4.92 Å². The minimum atomic E-state index is -0.465. The van der Waals surface area contributed by atoms with Gasteiger partial charge >= 0.3 is 0 Å². The Morgan fingerprint density at radius 1 is 1.06 bits per heavy atom. The molecule has 86 valence electrons. The van der Waals surface area contributed by atoms with Crippen molar-refractivity contribution in [2.45, 2.75) is 6.92 Å². The SMILES string of the molecule is Cc1ccc(-c2ccc(N)c([N+](=O)[O-])c2)cc1. The number of nitrogens with two attached hydrogens (primary N) is 1. The Kier molecular flexibility index (Phi) is 2.78. The molecule has 0 fully saturated rings. The highest BCUT2D eigenvalue weighted by atomic mass is 16.6. The molecule has 4 heteroatoms. The lowest BCUT2D eigenvalue weighted by Crippen LogP contribution is -1.95. The van der Waals surface area contributed by atoms with Gasteiger partial charge in [0, 0.05) is 6.07 Å². The highest BCUT2D eigenvalue weighted by molar-refractivity contribution is 5.72. The molecule has 0 spiro atoms. The van der Waals surface area contributed by atoms with Crippen LogP contribution >= 0.6 is 0 Å². The topological polar surface area (TPSA) is 69.2 Å². The fourth-order valence-corrected chi connectivity index (χ4v) is 1.63. The average Bonchev–Trinajstić information content (AvgIpc) is 2.30. The number of rotatable bonds is 2. The predicted molar refractivity (Wildman–Crippen MR) is 67.7 cm³/mol. The Hall–Kier alpha value is -2.36. The number of aryl methyl sites for hydroxylation is 1. The molecule has 0 bridgehead atoms. The number of benzene rings is 2. The molecule has 0 saturated carbocycles. The van der Waals surface area contributed by atoms with E-state index in [-0.39, 0.29) is 11.4 Å². The third-order valence-corrected chi connectivity index (χ3v) is 2.61. The number of nitro benzene ring substituents is 1. The number of nitrogens with zero attached hydrogens (tertiary/aromatic N) is 1. The Balaban J connectivity index is 2.50. The first-order valence-corrected chi connectivity index (χ1v) is 5.19. The molecule has 0 aliphatic heterocycles. The monoisotopic (exact) mass is 228 g/mol. The molecular weight excluding hydrogens is 216 g/mol. The number of nitrogen functional groups attached to an aromatic ring is 1. The number of hydrogen-bond acceptors (Lipinski definition) is 3. The van der Waals surface area contributed by atoms with Crippen LogP contribution in [0.15, 0.2) is 42.5 Å². The van der Waals surface area contributed by atoms with Crippen molar-refractivity contribution in [2.75, 3.05) is 5.73 Å². The summed E-state index contributed by atoms with van der Waals surface area (Å²) in [6.45, 7) is 2.00. The summed E-state index contributed by atoms with van der Waals surface area (Å²) < 4.78 is 0. The lowest BCUT2D eigenvalue weighted by atomic mass is 10.0. The van der Waals surface area contributed by atoms with Gasteiger partial charge in [0.1, 0.15) is 5.69 Å². The molecule has 0 amide bonds. The molecule has 2 N–H and O–H groups in total. The second-order valence-corrected chi connectivity index (χ2v) is 3.90. The second-order valence-electron chi connectivity index (χ2n) is 3.90. The summed E-state index contributed by atoms with van der Waals surface area (Å²) in [6, 6.07) is 12.7. The van der Waals surface area contributed by atoms with E-state index in [1.807, 2.05) is 31.2 Å². The summed E-state index contributed by atoms with van der Waals surface area (Å²) >= 11 is 0. The van der Waals surface area contributed by atoms with Crippen LogP contribution in [0.1, 0.15) is 5.56 Å². The largest absolute Gasteiger partial charge is 0.393 e. The number of nitro groups is 1. The molecule has 2 rings (SSSR count). The van der Waals surface area contributed by atoms with Gasteiger partial charge in [0.05, 0.1) is 4.92 Å². The normalized spacial score (nSPS) is 10.2. The fraction of sp³-hybridized carbons (Fsp3) is 0.0769. The summed E-state index contributed by atoms with van der Waals surface area (Å²) in [5, 5.41) is 10.8. The van der Waals surface area contributed by atoms with Gasteiger partial charge in [0.25, 0.3) is 5.69 Å². The van der Waals surface area contributed by atoms with E-state index in [9.17, 15) is 10.1 Å². The molecular formula is C13H12N2O2. The van der Waals surface area contributed by atoms with E-state index in [0.29, 0.717) is 0 Å². The van der Waals surface area contributed by atoms with Gasteiger partial charge in [-0.3, -0.25) is 10.1 Å². The van der Waals surface area contributed by atoms with E-state index in [1.54, 1.807) is 12.1 Å². The standard InChI is InChI=1S/C13H12N2O2/c1-9-2-4-10(5-3-9)11-6-7-12(14)13(8-11)15(16)17/h2-8H,14H2,1H3. The highest BCUT2D eigenvalue weighted by Gasteiger charge is 2.12. The van der Waals surface area contributed by atoms with E-state index in [4.69, 9.17) is 5.73 Å². The minimum Gasteiger partial charge on any atom is -0.393 e. The zero-order valence-corrected chi connectivity index (χ0v) is 9.38. The van der Waals surface area contributed by atoms with Crippen molar-refractivity contribution in [3.8, 4) is 11.1 Å². The van der Waals surface area contributed by atoms with Gasteiger partial charge in [-0.25, -0.2) is 0 Å². The van der Waals surface area contributed by atoms with E-state index < -0.39 is 4.92 Å². The van der Waals surface area contributed by atoms with E-state index in [1.165, 1.54) is 6.07 Å². The first-order chi connectivity index (χ1) is 8.08. The Morgan fingerprint density at radius 2 is 1.65 bits per heavy atom. The van der Waals surface area contributed by atoms with Crippen molar-refractivity contribution in [3.63, 3.8) is 0 Å². The fourth-order valence-electron chi connectivity index (χ4n) is 1.63. The smallest absolute Gasteiger partial charge is 0.292 e. The van der Waals surface area contributed by atoms with Gasteiger partial charge in [0.15, 0.2) is 0 Å². The van der Waals surface area contributed by atoms with Crippen molar-refractivity contribution < 1.29 is 4.92 Å². The van der Waals surface area contributed by atoms with Crippen molar-refractivity contribution in [3.05, 3.63) is 58.1 Å². The molecule has 2 aromatic rings. The molecule has 0 aliphatic carbocycles. The van der Waals surface area contributed by atoms with Crippen LogP contribution < -0.4 is 5.73 Å². The molecule has 0 aliphatic rings. The number of hydrogen-bond donors (Lipinski definition) is 1. The minimum absolute atomic E-state index is 0.0527. The van der Waals surface area contributed by atoms with Crippen LogP contribution in [0.25, 0.3) is 11.1 Å². The third-order valence-electron chi connectivity index (χ3n) is 2.61. The molecule has 2 aromatic carbocycles. The van der Waals surface area contributed by atoms with Crippen LogP contribution in [0, 0.1) is 17.0 Å². The molecule has 0 heterocycles. The maximum absolute atomic E-state index is 10.8. The first-order valence-electron chi connectivity index (χ1n) is 5.19. The predicted octanol–water partition coefficient (Wildman–Crippen LogP) is 3.15. The summed E-state index contributed by atoms with van der Waals surface area (Å²) in [5.74, 6) is 0. The van der Waals surface area contributed by atoms with Crippen LogP contribution in [0.5, 0.6) is 0 Å². The average molecular weight is 228 g/mol. The zero-order chi connectivity index (χ0) is 12.4. The molecule has 0 unspecified atom stereocenters. The maximum atomic E-state index is 10.8. The van der Waals surface area contributed by atoms with Gasteiger partial charge in [-0.2, -0.15) is 0 Å². The van der Waals surface area contributed by atoms with Crippen molar-refractivity contribution in [1.29, 1.82) is 0 Å². The number of anilines is 1. The first kappa shape index (κ1) is 11.1. The van der Waals surface area contributed by atoms with E-state index in [2.05, 4.69) is 0 Å². The van der Waals surface area contributed by atoms with Crippen molar-refractivity contribution in [1.82, 2.24) is 0 Å². The van der Waals surface area contributed by atoms with Crippen LogP contribution in [0.2, 0.25) is 0 Å². The van der Waals surface area contributed by atoms with E-state index >= 15 is 0 Å². The molecule has 0 radical (unpaired) electrons. The Labute approximate surface area is 98.8 Å². The van der Waals surface area contributed by atoms with Crippen LogP contribution in [-0.2, 0) is 0 Å².